The monoisotopic (exact) mass is 280 g/mol. The molecule has 0 aliphatic carbocycles. The number of ether oxygens (including phenoxy) is 1. The predicted octanol–water partition coefficient (Wildman–Crippen LogP) is 3.92. The minimum Gasteiger partial charge on any atom is -0.456 e. The van der Waals surface area contributed by atoms with Crippen molar-refractivity contribution in [3.63, 3.8) is 0 Å². The van der Waals surface area contributed by atoms with Gasteiger partial charge in [-0.3, -0.25) is 0 Å². The summed E-state index contributed by atoms with van der Waals surface area (Å²) in [7, 11) is 0. The van der Waals surface area contributed by atoms with Crippen LogP contribution in [-0.4, -0.2) is 23.3 Å². The molecule has 1 aliphatic heterocycles. The molecule has 0 saturated heterocycles. The SMILES string of the molecule is C=CCCCCCCCCCC1=CC(O)C(C)OC1=O. The van der Waals surface area contributed by atoms with Crippen LogP contribution in [0.1, 0.15) is 64.7 Å². The van der Waals surface area contributed by atoms with Crippen molar-refractivity contribution in [2.75, 3.05) is 0 Å². The highest BCUT2D eigenvalue weighted by Gasteiger charge is 2.25. The summed E-state index contributed by atoms with van der Waals surface area (Å²) >= 11 is 0. The van der Waals surface area contributed by atoms with Gasteiger partial charge < -0.3 is 9.84 Å². The molecule has 1 rings (SSSR count). The summed E-state index contributed by atoms with van der Waals surface area (Å²) in [6, 6.07) is 0. The van der Waals surface area contributed by atoms with Crippen LogP contribution in [0.15, 0.2) is 24.3 Å². The molecule has 3 nitrogen and oxygen atoms in total. The normalized spacial score (nSPS) is 22.3. The summed E-state index contributed by atoms with van der Waals surface area (Å²) in [6.45, 7) is 5.43. The van der Waals surface area contributed by atoms with Crippen molar-refractivity contribution < 1.29 is 14.6 Å². The van der Waals surface area contributed by atoms with Gasteiger partial charge in [0.25, 0.3) is 0 Å². The zero-order valence-electron chi connectivity index (χ0n) is 12.6. The molecule has 114 valence electrons. The van der Waals surface area contributed by atoms with E-state index in [1.807, 2.05) is 6.08 Å². The van der Waals surface area contributed by atoms with E-state index in [0.29, 0.717) is 5.57 Å². The number of aliphatic hydroxyl groups excluding tert-OH is 1. The Labute approximate surface area is 122 Å². The second kappa shape index (κ2) is 9.76. The highest BCUT2D eigenvalue weighted by molar-refractivity contribution is 5.89. The van der Waals surface area contributed by atoms with E-state index in [2.05, 4.69) is 6.58 Å². The molecular formula is C17H28O3. The van der Waals surface area contributed by atoms with Gasteiger partial charge in [0.05, 0.1) is 0 Å². The van der Waals surface area contributed by atoms with E-state index in [4.69, 9.17) is 4.74 Å². The highest BCUT2D eigenvalue weighted by Crippen LogP contribution is 2.20. The van der Waals surface area contributed by atoms with Crippen molar-refractivity contribution in [2.24, 2.45) is 0 Å². The fourth-order valence-corrected chi connectivity index (χ4v) is 2.40. The van der Waals surface area contributed by atoms with E-state index >= 15 is 0 Å². The molecule has 2 unspecified atom stereocenters. The first-order chi connectivity index (χ1) is 9.65. The lowest BCUT2D eigenvalue weighted by molar-refractivity contribution is -0.149. The lowest BCUT2D eigenvalue weighted by Gasteiger charge is -2.23. The number of aliphatic hydroxyl groups is 1. The molecule has 0 fully saturated rings. The average molecular weight is 280 g/mol. The third-order valence-corrected chi connectivity index (χ3v) is 3.76. The summed E-state index contributed by atoms with van der Waals surface area (Å²) in [5, 5.41) is 9.65. The molecule has 1 N–H and O–H groups in total. The van der Waals surface area contributed by atoms with Gasteiger partial charge in [0.1, 0.15) is 12.2 Å². The van der Waals surface area contributed by atoms with E-state index in [0.717, 1.165) is 25.7 Å². The average Bonchev–Trinajstić information content (AvgIpc) is 2.42. The van der Waals surface area contributed by atoms with Gasteiger partial charge in [-0.2, -0.15) is 0 Å². The summed E-state index contributed by atoms with van der Waals surface area (Å²) < 4.78 is 5.08. The first-order valence-electron chi connectivity index (χ1n) is 7.85. The van der Waals surface area contributed by atoms with Crippen LogP contribution in [0.25, 0.3) is 0 Å². The van der Waals surface area contributed by atoms with Crippen LogP contribution in [0.2, 0.25) is 0 Å². The van der Waals surface area contributed by atoms with E-state index in [1.54, 1.807) is 13.0 Å². The lowest BCUT2D eigenvalue weighted by Crippen LogP contribution is -2.32. The van der Waals surface area contributed by atoms with Gasteiger partial charge in [0.15, 0.2) is 0 Å². The van der Waals surface area contributed by atoms with E-state index < -0.39 is 12.2 Å². The number of esters is 1. The van der Waals surface area contributed by atoms with Crippen molar-refractivity contribution in [1.82, 2.24) is 0 Å². The molecule has 0 aromatic carbocycles. The van der Waals surface area contributed by atoms with E-state index in [1.165, 1.54) is 32.1 Å². The molecule has 0 radical (unpaired) electrons. The van der Waals surface area contributed by atoms with Crippen LogP contribution in [0.3, 0.4) is 0 Å². The highest BCUT2D eigenvalue weighted by atomic mass is 16.6. The second-order valence-electron chi connectivity index (χ2n) is 5.60. The molecule has 1 aliphatic rings. The smallest absolute Gasteiger partial charge is 0.334 e. The Kier molecular flexibility index (Phi) is 8.28. The Morgan fingerprint density at radius 1 is 1.20 bits per heavy atom. The number of hydrogen-bond donors (Lipinski definition) is 1. The number of cyclic esters (lactones) is 1. The summed E-state index contributed by atoms with van der Waals surface area (Å²) in [6.07, 6.45) is 12.9. The summed E-state index contributed by atoms with van der Waals surface area (Å²) in [5.41, 5.74) is 0.640. The van der Waals surface area contributed by atoms with Crippen molar-refractivity contribution in [2.45, 2.75) is 76.9 Å². The van der Waals surface area contributed by atoms with Gasteiger partial charge >= 0.3 is 5.97 Å². The predicted molar refractivity (Wildman–Crippen MR) is 81.4 cm³/mol. The Balaban J connectivity index is 2.05. The molecule has 1 heterocycles. The molecule has 20 heavy (non-hydrogen) atoms. The largest absolute Gasteiger partial charge is 0.456 e. The molecule has 3 heteroatoms. The maximum Gasteiger partial charge on any atom is 0.334 e. The quantitative estimate of drug-likeness (QED) is 0.375. The first-order valence-corrected chi connectivity index (χ1v) is 7.85. The molecule has 0 saturated carbocycles. The van der Waals surface area contributed by atoms with Crippen molar-refractivity contribution in [1.29, 1.82) is 0 Å². The van der Waals surface area contributed by atoms with Crippen LogP contribution in [0.5, 0.6) is 0 Å². The molecular weight excluding hydrogens is 252 g/mol. The lowest BCUT2D eigenvalue weighted by atomic mass is 10.0. The van der Waals surface area contributed by atoms with E-state index in [9.17, 15) is 9.90 Å². The molecule has 0 aromatic heterocycles. The van der Waals surface area contributed by atoms with Crippen LogP contribution in [0, 0.1) is 0 Å². The third-order valence-electron chi connectivity index (χ3n) is 3.76. The van der Waals surface area contributed by atoms with Gasteiger partial charge in [-0.15, -0.1) is 6.58 Å². The zero-order chi connectivity index (χ0) is 14.8. The van der Waals surface area contributed by atoms with Crippen LogP contribution in [-0.2, 0) is 9.53 Å². The Hall–Kier alpha value is -1.09. The van der Waals surface area contributed by atoms with Gasteiger partial charge in [0.2, 0.25) is 0 Å². The van der Waals surface area contributed by atoms with Crippen LogP contribution < -0.4 is 0 Å². The fraction of sp³-hybridized carbons (Fsp3) is 0.706. The standard InChI is InChI=1S/C17H28O3/c1-3-4-5-6-7-8-9-10-11-12-15-13-16(18)14(2)20-17(15)19/h3,13-14,16,18H,1,4-12H2,2H3. The van der Waals surface area contributed by atoms with Crippen molar-refractivity contribution in [3.05, 3.63) is 24.3 Å². The fourth-order valence-electron chi connectivity index (χ4n) is 2.40. The van der Waals surface area contributed by atoms with Crippen LogP contribution >= 0.6 is 0 Å². The number of allylic oxidation sites excluding steroid dienone is 1. The maximum absolute atomic E-state index is 11.6. The number of rotatable bonds is 10. The number of carbonyl (C=O) groups excluding carboxylic acids is 1. The minimum absolute atomic E-state index is 0.257. The zero-order valence-corrected chi connectivity index (χ0v) is 12.6. The molecule has 0 amide bonds. The molecule has 0 bridgehead atoms. The van der Waals surface area contributed by atoms with Crippen molar-refractivity contribution >= 4 is 5.97 Å². The van der Waals surface area contributed by atoms with Gasteiger partial charge in [-0.05, 0) is 38.7 Å². The number of hydrogen-bond acceptors (Lipinski definition) is 3. The molecule has 0 aromatic rings. The first kappa shape index (κ1) is 17.0. The van der Waals surface area contributed by atoms with Crippen LogP contribution in [0.4, 0.5) is 0 Å². The third kappa shape index (κ3) is 6.38. The van der Waals surface area contributed by atoms with Gasteiger partial charge in [-0.1, -0.05) is 38.2 Å². The summed E-state index contributed by atoms with van der Waals surface area (Å²) in [5.74, 6) is -0.257. The number of unbranched alkanes of at least 4 members (excludes halogenated alkanes) is 7. The van der Waals surface area contributed by atoms with Gasteiger partial charge in [-0.25, -0.2) is 4.79 Å². The minimum atomic E-state index is -0.646. The topological polar surface area (TPSA) is 46.5 Å². The summed E-state index contributed by atoms with van der Waals surface area (Å²) in [4.78, 5) is 11.6. The molecule has 0 spiro atoms. The molecule has 2 atom stereocenters. The van der Waals surface area contributed by atoms with Crippen molar-refractivity contribution in [3.8, 4) is 0 Å². The Morgan fingerprint density at radius 3 is 2.45 bits per heavy atom. The van der Waals surface area contributed by atoms with E-state index in [-0.39, 0.29) is 5.97 Å². The maximum atomic E-state index is 11.6. The number of carbonyl (C=O) groups is 1. The Bertz CT molecular complexity index is 333. The second-order valence-corrected chi connectivity index (χ2v) is 5.60. The van der Waals surface area contributed by atoms with Gasteiger partial charge in [0, 0.05) is 5.57 Å². The Morgan fingerprint density at radius 2 is 1.80 bits per heavy atom.